The normalized spacial score (nSPS) is 13.8. The van der Waals surface area contributed by atoms with Gasteiger partial charge >= 0.3 is 0 Å². The average molecular weight is 118 g/mol. The summed E-state index contributed by atoms with van der Waals surface area (Å²) in [5.74, 6) is 0. The van der Waals surface area contributed by atoms with E-state index in [0.29, 0.717) is 0 Å². The molecule has 0 heterocycles. The molecule has 0 amide bonds. The Morgan fingerprint density at radius 3 is 3.00 bits per heavy atom. The zero-order chi connectivity index (χ0) is 6.10. The second-order valence-corrected chi connectivity index (χ2v) is 2.31. The van der Waals surface area contributed by atoms with Crippen molar-refractivity contribution < 1.29 is 0 Å². The van der Waals surface area contributed by atoms with Crippen molar-refractivity contribution in [3.8, 4) is 0 Å². The molecule has 0 heteroatoms. The Morgan fingerprint density at radius 2 is 2.11 bits per heavy atom. The van der Waals surface area contributed by atoms with Gasteiger partial charge in [-0.05, 0) is 17.5 Å². The summed E-state index contributed by atoms with van der Waals surface area (Å²) in [6.07, 6.45) is 5.50. The fraction of sp³-hybridized carbons (Fsp3) is 0.111. The Bertz CT molecular complexity index is 246. The van der Waals surface area contributed by atoms with E-state index in [-0.39, 0.29) is 0 Å². The summed E-state index contributed by atoms with van der Waals surface area (Å²) in [6.45, 7) is 0. The van der Waals surface area contributed by atoms with Crippen molar-refractivity contribution >= 4 is 6.08 Å². The van der Waals surface area contributed by atoms with E-state index in [9.17, 15) is 0 Å². The molecule has 1 aliphatic carbocycles. The van der Waals surface area contributed by atoms with Gasteiger partial charge in [0, 0.05) is 0 Å². The molecule has 0 aliphatic heterocycles. The molecule has 0 fully saturated rings. The van der Waals surface area contributed by atoms with Crippen LogP contribution in [0.3, 0.4) is 0 Å². The van der Waals surface area contributed by atoms with Gasteiger partial charge in [-0.15, -0.1) is 0 Å². The molecular formula is C9H8. The minimum Gasteiger partial charge on any atom is -0.0795 e. The number of fused-ring (bicyclic) bond motifs is 1. The maximum atomic E-state index is 2.20. The van der Waals surface area contributed by atoms with Gasteiger partial charge in [-0.3, -0.25) is 0 Å². The van der Waals surface area contributed by atoms with E-state index in [2.05, 4.69) is 36.4 Å². The molecular weight excluding hydrogens is 110 g/mol. The van der Waals surface area contributed by atoms with Gasteiger partial charge in [0.05, 0.1) is 0 Å². The predicted octanol–water partition coefficient (Wildman–Crippen LogP) is 2.26. The van der Waals surface area contributed by atoms with Crippen LogP contribution < -0.4 is 0 Å². The van der Waals surface area contributed by atoms with Crippen molar-refractivity contribution in [2.45, 2.75) is 6.42 Å². The monoisotopic (exact) mass is 118 g/mol. The van der Waals surface area contributed by atoms with Crippen LogP contribution in [0.2, 0.25) is 0 Å². The Balaban J connectivity index is 2.63. The molecule has 0 N–H and O–H groups in total. The largest absolute Gasteiger partial charge is 0.0795 e. The van der Waals surface area contributed by atoms with E-state index in [1.54, 1.807) is 0 Å². The van der Waals surface area contributed by atoms with Gasteiger partial charge in [0.1, 0.15) is 0 Å². The van der Waals surface area contributed by atoms with E-state index in [1.807, 2.05) is 0 Å². The van der Waals surface area contributed by atoms with E-state index < -0.39 is 0 Å². The van der Waals surface area contributed by atoms with Crippen molar-refractivity contribution in [1.82, 2.24) is 0 Å². The number of hydrogen-bond acceptors (Lipinski definition) is 0. The van der Waals surface area contributed by atoms with Gasteiger partial charge in [-0.2, -0.15) is 0 Å². The third-order valence-electron chi connectivity index (χ3n) is 1.69. The zero-order valence-corrected chi connectivity index (χ0v) is 5.17. The van der Waals surface area contributed by atoms with E-state index in [1.165, 1.54) is 11.1 Å². The molecule has 0 nitrogen and oxygen atoms in total. The fourth-order valence-electron chi connectivity index (χ4n) is 1.20. The molecule has 0 spiro atoms. The summed E-state index contributed by atoms with van der Waals surface area (Å²) in [6, 6.07) is 8.49. The molecule has 0 bridgehead atoms. The van der Waals surface area contributed by atoms with E-state index in [4.69, 9.17) is 0 Å². The zero-order valence-electron chi connectivity index (χ0n) is 5.17. The van der Waals surface area contributed by atoms with Gasteiger partial charge in [0.15, 0.2) is 0 Å². The van der Waals surface area contributed by atoms with E-state index in [0.717, 1.165) is 6.42 Å². The van der Waals surface area contributed by atoms with Crippen LogP contribution in [0.4, 0.5) is 0 Å². The van der Waals surface area contributed by atoms with Crippen molar-refractivity contribution in [3.63, 3.8) is 0 Å². The fourth-order valence-corrected chi connectivity index (χ4v) is 1.20. The smallest absolute Gasteiger partial charge is 0.00882 e. The molecule has 0 saturated carbocycles. The molecule has 0 aromatic heterocycles. The average Bonchev–Trinajstić information content (AvgIpc) is 2.33. The maximum Gasteiger partial charge on any atom is -0.00882 e. The van der Waals surface area contributed by atoms with Crippen LogP contribution >= 0.6 is 0 Å². The van der Waals surface area contributed by atoms with Gasteiger partial charge in [-0.1, -0.05) is 36.4 Å². The van der Waals surface area contributed by atoms with Crippen LogP contribution in [-0.2, 0) is 6.42 Å². The Kier molecular flexibility index (Phi) is 0.922. The molecule has 0 atom stereocenters. The predicted molar refractivity (Wildman–Crippen MR) is 39.2 cm³/mol. The molecule has 0 radical (unpaired) electrons. The Labute approximate surface area is 54.8 Å². The molecule has 0 saturated heterocycles. The molecule has 1 aliphatic rings. The number of allylic oxidation sites excluding steroid dienone is 1. The Hall–Kier alpha value is -1.04. The van der Waals surface area contributed by atoms with Gasteiger partial charge in [0.2, 0.25) is 0 Å². The first-order chi connectivity index (χ1) is 4.47. The van der Waals surface area contributed by atoms with Gasteiger partial charge in [0.25, 0.3) is 0 Å². The number of rotatable bonds is 0. The number of hydrogen-bond donors (Lipinski definition) is 0. The minimum atomic E-state index is 1.12. The standard InChI is InChI=1S/C9H8/c1-2-5-9-7-3-6-8(9)4-1/h1-6H,7H2/i6+2. The van der Waals surface area contributed by atoms with Crippen molar-refractivity contribution in [1.29, 1.82) is 0 Å². The molecule has 44 valence electrons. The maximum absolute atomic E-state index is 2.20. The number of benzene rings is 1. The summed E-state index contributed by atoms with van der Waals surface area (Å²) in [5.41, 5.74) is 2.84. The highest BCUT2D eigenvalue weighted by Gasteiger charge is 2.00. The van der Waals surface area contributed by atoms with Crippen molar-refractivity contribution in [2.24, 2.45) is 0 Å². The van der Waals surface area contributed by atoms with Gasteiger partial charge in [-0.25, -0.2) is 0 Å². The first kappa shape index (κ1) is 4.80. The SMILES string of the molecule is C1=[14CH]c2ccccc2C1. The third kappa shape index (κ3) is 0.672. The molecule has 9 heavy (non-hydrogen) atoms. The van der Waals surface area contributed by atoms with Crippen molar-refractivity contribution in [2.75, 3.05) is 0 Å². The second kappa shape index (κ2) is 1.73. The topological polar surface area (TPSA) is 0 Å². The molecule has 1 aromatic rings. The lowest BCUT2D eigenvalue weighted by molar-refractivity contribution is 1.31. The first-order valence-corrected chi connectivity index (χ1v) is 3.21. The summed E-state index contributed by atoms with van der Waals surface area (Å²) >= 11 is 0. The quantitative estimate of drug-likeness (QED) is 0.490. The highest BCUT2D eigenvalue weighted by molar-refractivity contribution is 5.59. The summed E-state index contributed by atoms with van der Waals surface area (Å²) < 4.78 is 0. The highest BCUT2D eigenvalue weighted by Crippen LogP contribution is 2.17. The minimum absolute atomic E-state index is 1.12. The lowest BCUT2D eigenvalue weighted by atomic mass is 10.2. The van der Waals surface area contributed by atoms with Crippen LogP contribution in [0.15, 0.2) is 30.3 Å². The molecule has 1 aromatic carbocycles. The van der Waals surface area contributed by atoms with Crippen LogP contribution in [0.1, 0.15) is 11.1 Å². The van der Waals surface area contributed by atoms with Crippen LogP contribution in [0.5, 0.6) is 0 Å². The van der Waals surface area contributed by atoms with Crippen LogP contribution in [-0.4, -0.2) is 0 Å². The first-order valence-electron chi connectivity index (χ1n) is 3.21. The molecule has 0 unspecified atom stereocenters. The lowest BCUT2D eigenvalue weighted by Gasteiger charge is -1.93. The summed E-state index contributed by atoms with van der Waals surface area (Å²) in [7, 11) is 0. The summed E-state index contributed by atoms with van der Waals surface area (Å²) in [5, 5.41) is 0. The van der Waals surface area contributed by atoms with Crippen LogP contribution in [0, 0.1) is 0 Å². The Morgan fingerprint density at radius 1 is 1.22 bits per heavy atom. The van der Waals surface area contributed by atoms with E-state index >= 15 is 0 Å². The van der Waals surface area contributed by atoms with Crippen molar-refractivity contribution in [3.05, 3.63) is 41.5 Å². The third-order valence-corrected chi connectivity index (χ3v) is 1.69. The second-order valence-electron chi connectivity index (χ2n) is 2.31. The highest BCUT2D eigenvalue weighted by atomic mass is 14.7. The van der Waals surface area contributed by atoms with Gasteiger partial charge < -0.3 is 0 Å². The van der Waals surface area contributed by atoms with Crippen LogP contribution in [0.25, 0.3) is 6.08 Å². The lowest BCUT2D eigenvalue weighted by Crippen LogP contribution is -1.76. The summed E-state index contributed by atoms with van der Waals surface area (Å²) in [4.78, 5) is 0. The molecule has 2 rings (SSSR count).